The number of nitrogens with zero attached hydrogens (tertiary/aromatic N) is 1. The molecule has 0 radical (unpaired) electrons. The van der Waals surface area contributed by atoms with Crippen LogP contribution < -0.4 is 5.73 Å². The molecule has 0 aliphatic carbocycles. The molecule has 2 heterocycles. The standard InChI is InChI=1S/C16H11ClF2N2O3S/c1-5-11(6(2)24-21-5)13-12(15(17)25-14(13)16(20)23)7-3-9(19)10(22)4-8(7)18/h3-4,22H,1-2H3,(H2,20,23). The Morgan fingerprint density at radius 1 is 1.24 bits per heavy atom. The fourth-order valence-electron chi connectivity index (χ4n) is 2.62. The summed E-state index contributed by atoms with van der Waals surface area (Å²) >= 11 is 7.07. The van der Waals surface area contributed by atoms with E-state index in [2.05, 4.69) is 5.16 Å². The summed E-state index contributed by atoms with van der Waals surface area (Å²) in [6.07, 6.45) is 0. The number of primary amides is 1. The first kappa shape index (κ1) is 17.4. The summed E-state index contributed by atoms with van der Waals surface area (Å²) in [7, 11) is 0. The molecule has 0 aliphatic rings. The lowest BCUT2D eigenvalue weighted by molar-refractivity contribution is 0.100. The van der Waals surface area contributed by atoms with Gasteiger partial charge in [-0.15, -0.1) is 11.3 Å². The maximum absolute atomic E-state index is 14.4. The second-order valence-electron chi connectivity index (χ2n) is 5.30. The van der Waals surface area contributed by atoms with Crippen LogP contribution in [-0.4, -0.2) is 16.2 Å². The molecule has 3 rings (SSSR count). The molecule has 0 saturated heterocycles. The van der Waals surface area contributed by atoms with Gasteiger partial charge in [-0.2, -0.15) is 0 Å². The molecule has 25 heavy (non-hydrogen) atoms. The summed E-state index contributed by atoms with van der Waals surface area (Å²) in [5, 5.41) is 13.1. The number of aromatic hydroxyl groups is 1. The first-order valence-corrected chi connectivity index (χ1v) is 8.15. The minimum absolute atomic E-state index is 0.0489. The Labute approximate surface area is 149 Å². The van der Waals surface area contributed by atoms with E-state index in [1.807, 2.05) is 0 Å². The Kier molecular flexibility index (Phi) is 4.26. The van der Waals surface area contributed by atoms with Crippen LogP contribution in [0.2, 0.25) is 4.34 Å². The van der Waals surface area contributed by atoms with Crippen molar-refractivity contribution in [3.05, 3.63) is 44.4 Å². The first-order chi connectivity index (χ1) is 11.7. The highest BCUT2D eigenvalue weighted by molar-refractivity contribution is 7.19. The summed E-state index contributed by atoms with van der Waals surface area (Å²) in [6, 6.07) is 1.45. The molecule has 3 N–H and O–H groups in total. The molecule has 0 saturated carbocycles. The topological polar surface area (TPSA) is 89.4 Å². The summed E-state index contributed by atoms with van der Waals surface area (Å²) < 4.78 is 33.3. The van der Waals surface area contributed by atoms with E-state index in [9.17, 15) is 18.7 Å². The van der Waals surface area contributed by atoms with E-state index in [1.165, 1.54) is 0 Å². The van der Waals surface area contributed by atoms with Crippen molar-refractivity contribution in [2.75, 3.05) is 0 Å². The van der Waals surface area contributed by atoms with E-state index in [-0.39, 0.29) is 25.9 Å². The fourth-order valence-corrected chi connectivity index (χ4v) is 3.95. The number of rotatable bonds is 3. The SMILES string of the molecule is Cc1noc(C)c1-c1c(C(N)=O)sc(Cl)c1-c1cc(F)c(O)cc1F. The number of carbonyl (C=O) groups excluding carboxylic acids is 1. The van der Waals surface area contributed by atoms with Crippen molar-refractivity contribution in [2.24, 2.45) is 5.73 Å². The van der Waals surface area contributed by atoms with E-state index in [0.29, 0.717) is 23.1 Å². The number of amides is 1. The van der Waals surface area contributed by atoms with Crippen molar-refractivity contribution >= 4 is 28.8 Å². The van der Waals surface area contributed by atoms with Gasteiger partial charge in [0.1, 0.15) is 20.8 Å². The molecule has 0 spiro atoms. The van der Waals surface area contributed by atoms with Crippen LogP contribution in [0.4, 0.5) is 8.78 Å². The summed E-state index contributed by atoms with van der Waals surface area (Å²) in [5.41, 5.74) is 6.40. The van der Waals surface area contributed by atoms with Crippen molar-refractivity contribution in [1.29, 1.82) is 0 Å². The minimum atomic E-state index is -1.02. The third-order valence-electron chi connectivity index (χ3n) is 3.68. The number of phenols is 1. The molecule has 2 aromatic heterocycles. The van der Waals surface area contributed by atoms with E-state index < -0.39 is 23.3 Å². The smallest absolute Gasteiger partial charge is 0.259 e. The summed E-state index contributed by atoms with van der Waals surface area (Å²) in [5.74, 6) is -3.16. The van der Waals surface area contributed by atoms with Crippen LogP contribution in [0.15, 0.2) is 16.7 Å². The van der Waals surface area contributed by atoms with E-state index >= 15 is 0 Å². The fraction of sp³-hybridized carbons (Fsp3) is 0.125. The largest absolute Gasteiger partial charge is 0.505 e. The minimum Gasteiger partial charge on any atom is -0.505 e. The first-order valence-electron chi connectivity index (χ1n) is 6.96. The van der Waals surface area contributed by atoms with Crippen LogP contribution in [0.5, 0.6) is 5.75 Å². The summed E-state index contributed by atoms with van der Waals surface area (Å²) in [6.45, 7) is 3.25. The Hall–Kier alpha value is -2.45. The Balaban J connectivity index is 2.43. The quantitative estimate of drug-likeness (QED) is 0.699. The van der Waals surface area contributed by atoms with E-state index in [4.69, 9.17) is 21.9 Å². The van der Waals surface area contributed by atoms with Gasteiger partial charge in [0.05, 0.1) is 5.69 Å². The van der Waals surface area contributed by atoms with E-state index in [1.54, 1.807) is 13.8 Å². The Morgan fingerprint density at radius 2 is 1.92 bits per heavy atom. The third kappa shape index (κ3) is 2.77. The molecular weight excluding hydrogens is 374 g/mol. The molecule has 3 aromatic rings. The van der Waals surface area contributed by atoms with Gasteiger partial charge in [0.15, 0.2) is 11.6 Å². The van der Waals surface area contributed by atoms with Gasteiger partial charge in [0.25, 0.3) is 5.91 Å². The summed E-state index contributed by atoms with van der Waals surface area (Å²) in [4.78, 5) is 11.9. The second-order valence-corrected chi connectivity index (χ2v) is 6.92. The molecular formula is C16H11ClF2N2O3S. The molecule has 1 amide bonds. The van der Waals surface area contributed by atoms with Gasteiger partial charge < -0.3 is 15.4 Å². The molecule has 5 nitrogen and oxygen atoms in total. The Bertz CT molecular complexity index is 994. The molecule has 0 bridgehead atoms. The number of hydrogen-bond acceptors (Lipinski definition) is 5. The van der Waals surface area contributed by atoms with Gasteiger partial charge in [-0.05, 0) is 19.9 Å². The van der Waals surface area contributed by atoms with Crippen LogP contribution >= 0.6 is 22.9 Å². The average molecular weight is 385 g/mol. The maximum Gasteiger partial charge on any atom is 0.259 e. The lowest BCUT2D eigenvalue weighted by Crippen LogP contribution is -2.10. The highest BCUT2D eigenvalue weighted by Gasteiger charge is 2.29. The zero-order valence-corrected chi connectivity index (χ0v) is 14.6. The van der Waals surface area contributed by atoms with Gasteiger partial charge in [0, 0.05) is 28.3 Å². The van der Waals surface area contributed by atoms with Crippen LogP contribution in [0, 0.1) is 25.5 Å². The van der Waals surface area contributed by atoms with Gasteiger partial charge >= 0.3 is 0 Å². The van der Waals surface area contributed by atoms with Crippen LogP contribution in [-0.2, 0) is 0 Å². The molecule has 1 aromatic carbocycles. The highest BCUT2D eigenvalue weighted by Crippen LogP contribution is 2.48. The number of aryl methyl sites for hydroxylation is 2. The number of benzene rings is 1. The molecule has 0 unspecified atom stereocenters. The zero-order valence-electron chi connectivity index (χ0n) is 13.0. The molecule has 0 fully saturated rings. The number of carbonyl (C=O) groups is 1. The van der Waals surface area contributed by atoms with Crippen LogP contribution in [0.25, 0.3) is 22.3 Å². The number of thiophene rings is 1. The molecule has 130 valence electrons. The molecule has 9 heteroatoms. The Morgan fingerprint density at radius 3 is 2.48 bits per heavy atom. The average Bonchev–Trinajstić information content (AvgIpc) is 3.03. The molecule has 0 aliphatic heterocycles. The third-order valence-corrected chi connectivity index (χ3v) is 5.09. The van der Waals surface area contributed by atoms with Crippen LogP contribution in [0.1, 0.15) is 21.1 Å². The van der Waals surface area contributed by atoms with Crippen molar-refractivity contribution in [3.8, 4) is 28.0 Å². The van der Waals surface area contributed by atoms with Crippen molar-refractivity contribution < 1.29 is 23.2 Å². The predicted molar refractivity (Wildman–Crippen MR) is 89.8 cm³/mol. The van der Waals surface area contributed by atoms with Crippen molar-refractivity contribution in [3.63, 3.8) is 0 Å². The zero-order chi connectivity index (χ0) is 18.5. The van der Waals surface area contributed by atoms with Crippen molar-refractivity contribution in [1.82, 2.24) is 5.16 Å². The van der Waals surface area contributed by atoms with Gasteiger partial charge in [-0.3, -0.25) is 4.79 Å². The normalized spacial score (nSPS) is 11.1. The number of phenolic OH excluding ortho intramolecular Hbond substituents is 1. The number of nitrogens with two attached hydrogens (primary N) is 1. The number of halogens is 3. The van der Waals surface area contributed by atoms with Gasteiger partial charge in [-0.25, -0.2) is 8.78 Å². The van der Waals surface area contributed by atoms with Crippen molar-refractivity contribution in [2.45, 2.75) is 13.8 Å². The maximum atomic E-state index is 14.4. The lowest BCUT2D eigenvalue weighted by Gasteiger charge is -2.09. The second kappa shape index (κ2) is 6.12. The number of hydrogen-bond donors (Lipinski definition) is 2. The predicted octanol–water partition coefficient (Wildman–Crippen LogP) is 4.42. The number of aromatic nitrogens is 1. The molecule has 0 atom stereocenters. The lowest BCUT2D eigenvalue weighted by atomic mass is 9.95. The van der Waals surface area contributed by atoms with Gasteiger partial charge in [0.2, 0.25) is 0 Å². The highest BCUT2D eigenvalue weighted by atomic mass is 35.5. The van der Waals surface area contributed by atoms with E-state index in [0.717, 1.165) is 17.4 Å². The van der Waals surface area contributed by atoms with Gasteiger partial charge in [-0.1, -0.05) is 16.8 Å². The monoisotopic (exact) mass is 384 g/mol. The van der Waals surface area contributed by atoms with Crippen LogP contribution in [0.3, 0.4) is 0 Å².